The summed E-state index contributed by atoms with van der Waals surface area (Å²) < 4.78 is 17.4. The molecule has 1 aromatic rings. The van der Waals surface area contributed by atoms with Gasteiger partial charge in [0, 0.05) is 31.3 Å². The molecular formula is C25H41N3O7Si. The van der Waals surface area contributed by atoms with Crippen LogP contribution in [0.1, 0.15) is 59.9 Å². The number of carbonyl (C=O) groups excluding carboxylic acids is 2. The van der Waals surface area contributed by atoms with Crippen LogP contribution in [0, 0.1) is 10.1 Å². The van der Waals surface area contributed by atoms with E-state index in [1.165, 1.54) is 12.1 Å². The highest BCUT2D eigenvalue weighted by molar-refractivity contribution is 6.74. The fourth-order valence-electron chi connectivity index (χ4n) is 3.63. The van der Waals surface area contributed by atoms with Crippen LogP contribution in [0.25, 0.3) is 0 Å². The Morgan fingerprint density at radius 2 is 1.75 bits per heavy atom. The summed E-state index contributed by atoms with van der Waals surface area (Å²) in [5.74, 6) is 0. The van der Waals surface area contributed by atoms with Gasteiger partial charge < -0.3 is 24.1 Å². The van der Waals surface area contributed by atoms with Crippen LogP contribution >= 0.6 is 0 Å². The molecule has 11 heteroatoms. The van der Waals surface area contributed by atoms with E-state index < -0.39 is 24.9 Å². The number of rotatable bonds is 8. The van der Waals surface area contributed by atoms with E-state index in [4.69, 9.17) is 13.9 Å². The summed E-state index contributed by atoms with van der Waals surface area (Å²) in [6.45, 7) is 17.2. The fraction of sp³-hybridized carbons (Fsp3) is 0.680. The number of alkyl carbamates (subject to hydrolysis) is 1. The molecule has 1 aromatic carbocycles. The first-order valence-corrected chi connectivity index (χ1v) is 15.2. The van der Waals surface area contributed by atoms with E-state index in [1.54, 1.807) is 17.0 Å². The smallest absolute Gasteiger partial charge is 0.410 e. The van der Waals surface area contributed by atoms with Gasteiger partial charge in [-0.25, -0.2) is 9.59 Å². The summed E-state index contributed by atoms with van der Waals surface area (Å²) in [5.41, 5.74) is 0.0123. The summed E-state index contributed by atoms with van der Waals surface area (Å²) in [6.07, 6.45) is 0.144. The first-order valence-electron chi connectivity index (χ1n) is 12.3. The Morgan fingerprint density at radius 1 is 1.14 bits per heavy atom. The number of likely N-dealkylation sites (tertiary alicyclic amines) is 1. The maximum absolute atomic E-state index is 12.9. The lowest BCUT2D eigenvalue weighted by Crippen LogP contribution is -2.45. The van der Waals surface area contributed by atoms with E-state index in [0.29, 0.717) is 31.5 Å². The lowest BCUT2D eigenvalue weighted by molar-refractivity contribution is -0.384. The number of hydrogen-bond donors (Lipinski definition) is 1. The molecule has 2 atom stereocenters. The molecule has 1 aliphatic rings. The summed E-state index contributed by atoms with van der Waals surface area (Å²) in [5, 5.41) is 13.5. The van der Waals surface area contributed by atoms with E-state index >= 15 is 0 Å². The predicted molar refractivity (Wildman–Crippen MR) is 139 cm³/mol. The number of amides is 2. The maximum Gasteiger partial charge on any atom is 0.410 e. The van der Waals surface area contributed by atoms with E-state index in [2.05, 4.69) is 39.2 Å². The van der Waals surface area contributed by atoms with Crippen molar-refractivity contribution in [1.82, 2.24) is 10.2 Å². The minimum absolute atomic E-state index is 0.000280. The number of carbonyl (C=O) groups is 2. The number of benzene rings is 1. The first-order chi connectivity index (χ1) is 16.5. The van der Waals surface area contributed by atoms with Gasteiger partial charge in [0.1, 0.15) is 12.2 Å². The van der Waals surface area contributed by atoms with E-state index in [-0.39, 0.29) is 35.6 Å². The van der Waals surface area contributed by atoms with Crippen LogP contribution in [0.3, 0.4) is 0 Å². The highest BCUT2D eigenvalue weighted by Crippen LogP contribution is 2.39. The number of nitrogens with zero attached hydrogens (tertiary/aromatic N) is 2. The van der Waals surface area contributed by atoms with Gasteiger partial charge in [-0.3, -0.25) is 10.1 Å². The fourth-order valence-corrected chi connectivity index (χ4v) is 4.98. The Hall–Kier alpha value is -2.66. The number of nitro benzene ring substituents is 1. The molecule has 0 saturated carbocycles. The lowest BCUT2D eigenvalue weighted by Gasteiger charge is -2.38. The number of nitro groups is 1. The lowest BCUT2D eigenvalue weighted by atomic mass is 10.1. The summed E-state index contributed by atoms with van der Waals surface area (Å²) in [7, 11) is -2.02. The monoisotopic (exact) mass is 523 g/mol. The number of hydrogen-bond acceptors (Lipinski definition) is 7. The van der Waals surface area contributed by atoms with Gasteiger partial charge in [-0.15, -0.1) is 0 Å². The quantitative estimate of drug-likeness (QED) is 0.267. The molecule has 0 unspecified atom stereocenters. The third-order valence-electron chi connectivity index (χ3n) is 6.54. The summed E-state index contributed by atoms with van der Waals surface area (Å²) >= 11 is 0. The predicted octanol–water partition coefficient (Wildman–Crippen LogP) is 5.61. The Balaban J connectivity index is 1.92. The minimum atomic E-state index is -2.02. The standard InChI is InChI=1S/C25H41N3O7Si/c1-24(2,3)34-23(30)27-16-21(35-36(7,8)25(4,5)6)15-20(27)13-14-26-22(29)33-17-18-9-11-19(12-10-18)28(31)32/h9-12,20-21H,13-17H2,1-8H3,(H,26,29)/t20-,21-/m1/s1. The zero-order chi connectivity index (χ0) is 27.3. The van der Waals surface area contributed by atoms with Crippen LogP contribution in [0.4, 0.5) is 15.3 Å². The zero-order valence-electron chi connectivity index (χ0n) is 22.8. The molecule has 0 radical (unpaired) electrons. The van der Waals surface area contributed by atoms with Crippen molar-refractivity contribution >= 4 is 26.2 Å². The van der Waals surface area contributed by atoms with Gasteiger partial charge in [0.2, 0.25) is 0 Å². The second-order valence-corrected chi connectivity index (χ2v) is 16.5. The van der Waals surface area contributed by atoms with Crippen LogP contribution < -0.4 is 5.32 Å². The normalized spacial score (nSPS) is 18.6. The molecule has 1 N–H and O–H groups in total. The average Bonchev–Trinajstić information content (AvgIpc) is 3.12. The highest BCUT2D eigenvalue weighted by atomic mass is 28.4. The molecule has 2 rings (SSSR count). The van der Waals surface area contributed by atoms with Crippen molar-refractivity contribution in [1.29, 1.82) is 0 Å². The average molecular weight is 524 g/mol. The van der Waals surface area contributed by atoms with Crippen LogP contribution in [0.15, 0.2) is 24.3 Å². The van der Waals surface area contributed by atoms with Gasteiger partial charge in [0.15, 0.2) is 8.32 Å². The van der Waals surface area contributed by atoms with Crippen molar-refractivity contribution < 1.29 is 28.4 Å². The Bertz CT molecular complexity index is 923. The van der Waals surface area contributed by atoms with Gasteiger partial charge >= 0.3 is 12.2 Å². The molecule has 0 spiro atoms. The molecule has 36 heavy (non-hydrogen) atoms. The van der Waals surface area contributed by atoms with Gasteiger partial charge in [-0.1, -0.05) is 20.8 Å². The number of nitrogens with one attached hydrogen (secondary N) is 1. The van der Waals surface area contributed by atoms with Gasteiger partial charge in [0.05, 0.1) is 11.0 Å². The topological polar surface area (TPSA) is 120 Å². The van der Waals surface area contributed by atoms with E-state index in [0.717, 1.165) is 0 Å². The van der Waals surface area contributed by atoms with Gasteiger partial charge in [0.25, 0.3) is 5.69 Å². The number of ether oxygens (including phenoxy) is 2. The third kappa shape index (κ3) is 8.77. The third-order valence-corrected chi connectivity index (χ3v) is 11.1. The van der Waals surface area contributed by atoms with Crippen molar-refractivity contribution in [3.8, 4) is 0 Å². The molecule has 2 amide bonds. The number of non-ortho nitro benzene ring substituents is 1. The van der Waals surface area contributed by atoms with Crippen molar-refractivity contribution in [2.75, 3.05) is 13.1 Å². The molecule has 1 heterocycles. The van der Waals surface area contributed by atoms with Crippen molar-refractivity contribution in [3.63, 3.8) is 0 Å². The Labute approximate surface area is 214 Å². The Morgan fingerprint density at radius 3 is 2.28 bits per heavy atom. The molecule has 10 nitrogen and oxygen atoms in total. The van der Waals surface area contributed by atoms with Gasteiger partial charge in [-0.2, -0.15) is 0 Å². The molecule has 1 fully saturated rings. The minimum Gasteiger partial charge on any atom is -0.445 e. The molecule has 0 aliphatic carbocycles. The van der Waals surface area contributed by atoms with Crippen LogP contribution in [0.2, 0.25) is 18.1 Å². The SMILES string of the molecule is CC(C)(C)OC(=O)N1C[C@H](O[Si](C)(C)C(C)(C)C)C[C@H]1CCNC(=O)OCc1ccc([N+](=O)[O-])cc1. The molecule has 202 valence electrons. The van der Waals surface area contributed by atoms with Gasteiger partial charge in [-0.05, 0) is 69.4 Å². The molecular weight excluding hydrogens is 482 g/mol. The van der Waals surface area contributed by atoms with Crippen molar-refractivity contribution in [3.05, 3.63) is 39.9 Å². The molecule has 0 bridgehead atoms. The van der Waals surface area contributed by atoms with E-state index in [9.17, 15) is 19.7 Å². The summed E-state index contributed by atoms with van der Waals surface area (Å²) in [4.78, 5) is 37.0. The van der Waals surface area contributed by atoms with Crippen LogP contribution in [-0.2, 0) is 20.5 Å². The van der Waals surface area contributed by atoms with Crippen molar-refractivity contribution in [2.24, 2.45) is 0 Å². The van der Waals surface area contributed by atoms with Crippen LogP contribution in [0.5, 0.6) is 0 Å². The zero-order valence-corrected chi connectivity index (χ0v) is 23.8. The van der Waals surface area contributed by atoms with E-state index in [1.807, 2.05) is 20.8 Å². The second kappa shape index (κ2) is 11.6. The van der Waals surface area contributed by atoms with Crippen molar-refractivity contribution in [2.45, 2.75) is 96.9 Å². The summed E-state index contributed by atoms with van der Waals surface area (Å²) in [6, 6.07) is 5.69. The first kappa shape index (κ1) is 29.6. The molecule has 0 aromatic heterocycles. The largest absolute Gasteiger partial charge is 0.445 e. The Kier molecular flexibility index (Phi) is 9.52. The maximum atomic E-state index is 12.9. The van der Waals surface area contributed by atoms with Crippen LogP contribution in [-0.4, -0.2) is 61.2 Å². The molecule has 1 aliphatic heterocycles. The molecule has 1 saturated heterocycles. The highest BCUT2D eigenvalue weighted by Gasteiger charge is 2.44. The second-order valence-electron chi connectivity index (χ2n) is 11.7.